The molecule has 41 heavy (non-hydrogen) atoms. The first-order chi connectivity index (χ1) is 19.7. The van der Waals surface area contributed by atoms with Gasteiger partial charge in [-0.2, -0.15) is 0 Å². The van der Waals surface area contributed by atoms with Gasteiger partial charge in [-0.05, 0) is 56.5 Å². The molecule has 2 aromatic rings. The van der Waals surface area contributed by atoms with Gasteiger partial charge in [-0.1, -0.05) is 35.3 Å². The van der Waals surface area contributed by atoms with Gasteiger partial charge in [-0.3, -0.25) is 24.2 Å². The van der Waals surface area contributed by atoms with E-state index in [0.717, 1.165) is 56.8 Å². The number of nitrogens with one attached hydrogen (secondary N) is 1. The van der Waals surface area contributed by atoms with Crippen molar-refractivity contribution in [3.8, 4) is 5.75 Å². The number of anilines is 2. The lowest BCUT2D eigenvalue weighted by atomic mass is 10.0. The van der Waals surface area contributed by atoms with Gasteiger partial charge in [0.2, 0.25) is 11.8 Å². The number of carbonyl (C=O) groups excluding carboxylic acids is 3. The predicted molar refractivity (Wildman–Crippen MR) is 160 cm³/mol. The van der Waals surface area contributed by atoms with E-state index in [-0.39, 0.29) is 19.2 Å². The number of rotatable bonds is 12. The maximum atomic E-state index is 12.6. The molecule has 2 heterocycles. The number of nitrogens with two attached hydrogens (primary N) is 1. The Morgan fingerprint density at radius 2 is 1.83 bits per heavy atom. The van der Waals surface area contributed by atoms with Crippen LogP contribution in [-0.2, 0) is 25.5 Å². The fraction of sp³-hybridized carbons (Fsp3) is 0.483. The number of ether oxygens (including phenoxy) is 2. The number of aryl methyl sites for hydroxylation is 1. The van der Waals surface area contributed by atoms with Gasteiger partial charge in [0.15, 0.2) is 6.73 Å². The molecule has 10 nitrogen and oxygen atoms in total. The summed E-state index contributed by atoms with van der Waals surface area (Å²) >= 11 is 12.6. The fourth-order valence-electron chi connectivity index (χ4n) is 4.83. The molecule has 4 rings (SSSR count). The maximum Gasteiger partial charge on any atom is 0.327 e. The van der Waals surface area contributed by atoms with E-state index in [1.807, 2.05) is 30.3 Å². The van der Waals surface area contributed by atoms with E-state index in [0.29, 0.717) is 40.9 Å². The molecule has 2 amide bonds. The van der Waals surface area contributed by atoms with Crippen LogP contribution in [-0.4, -0.2) is 81.3 Å². The molecule has 3 N–H and O–H groups in total. The Morgan fingerprint density at radius 1 is 1.05 bits per heavy atom. The maximum absolute atomic E-state index is 12.6. The molecule has 0 spiro atoms. The first kappa shape index (κ1) is 30.9. The van der Waals surface area contributed by atoms with Gasteiger partial charge < -0.3 is 25.4 Å². The molecule has 12 heteroatoms. The van der Waals surface area contributed by atoms with Crippen molar-refractivity contribution in [2.45, 2.75) is 38.6 Å². The number of fused-ring (bicyclic) bond motifs is 1. The standard InChI is InChI=1S/C29H37Cl2N5O5/c1-20(32)29(39)33-18-27(38)41-19-36-25-17-22(9-7-21(25)8-10-26(36)37)40-16-3-2-11-34-12-14-35(15-13-34)24-6-4-5-23(30)28(24)31/h4-7,9,17,20H,2-3,8,10-16,18-19,32H2,1H3,(H,33,39). The van der Waals surface area contributed by atoms with E-state index in [1.165, 1.54) is 11.8 Å². The molecule has 1 saturated heterocycles. The number of esters is 1. The van der Waals surface area contributed by atoms with Crippen LogP contribution < -0.4 is 25.6 Å². The van der Waals surface area contributed by atoms with Crippen LogP contribution in [0.25, 0.3) is 0 Å². The molecule has 0 bridgehead atoms. The van der Waals surface area contributed by atoms with Crippen LogP contribution >= 0.6 is 23.2 Å². The van der Waals surface area contributed by atoms with E-state index < -0.39 is 17.9 Å². The Morgan fingerprint density at radius 3 is 2.59 bits per heavy atom. The van der Waals surface area contributed by atoms with Crippen molar-refractivity contribution in [1.82, 2.24) is 10.2 Å². The number of hydrogen-bond donors (Lipinski definition) is 2. The Balaban J connectivity index is 1.19. The summed E-state index contributed by atoms with van der Waals surface area (Å²) in [5.74, 6) is -0.586. The fourth-order valence-corrected chi connectivity index (χ4v) is 5.25. The zero-order chi connectivity index (χ0) is 29.4. The summed E-state index contributed by atoms with van der Waals surface area (Å²) < 4.78 is 11.2. The monoisotopic (exact) mass is 605 g/mol. The lowest BCUT2D eigenvalue weighted by Gasteiger charge is -2.36. The van der Waals surface area contributed by atoms with Crippen molar-refractivity contribution in [2.24, 2.45) is 5.73 Å². The second-order valence-electron chi connectivity index (χ2n) is 10.2. The van der Waals surface area contributed by atoms with E-state index in [1.54, 1.807) is 6.07 Å². The highest BCUT2D eigenvalue weighted by molar-refractivity contribution is 6.43. The summed E-state index contributed by atoms with van der Waals surface area (Å²) in [7, 11) is 0. The average Bonchev–Trinajstić information content (AvgIpc) is 2.97. The second kappa shape index (κ2) is 14.7. The highest BCUT2D eigenvalue weighted by Crippen LogP contribution is 2.33. The SMILES string of the molecule is CC(N)C(=O)NCC(=O)OCN1C(=O)CCc2ccc(OCCCCN3CCN(c4cccc(Cl)c4Cl)CC3)cc21. The number of amides is 2. The zero-order valence-corrected chi connectivity index (χ0v) is 24.8. The largest absolute Gasteiger partial charge is 0.494 e. The van der Waals surface area contributed by atoms with Crippen LogP contribution in [0.2, 0.25) is 10.0 Å². The topological polar surface area (TPSA) is 117 Å². The first-order valence-electron chi connectivity index (χ1n) is 13.9. The molecule has 2 aliphatic heterocycles. The van der Waals surface area contributed by atoms with Crippen molar-refractivity contribution in [3.63, 3.8) is 0 Å². The smallest absolute Gasteiger partial charge is 0.327 e. The summed E-state index contributed by atoms with van der Waals surface area (Å²) in [4.78, 5) is 42.4. The van der Waals surface area contributed by atoms with Crippen molar-refractivity contribution < 1.29 is 23.9 Å². The first-order valence-corrected chi connectivity index (χ1v) is 14.6. The molecular weight excluding hydrogens is 569 g/mol. The third-order valence-electron chi connectivity index (χ3n) is 7.21. The summed E-state index contributed by atoms with van der Waals surface area (Å²) in [6, 6.07) is 10.7. The van der Waals surface area contributed by atoms with Crippen LogP contribution in [0.5, 0.6) is 5.75 Å². The van der Waals surface area contributed by atoms with Gasteiger partial charge in [0.05, 0.1) is 34.1 Å². The molecule has 1 atom stereocenters. The van der Waals surface area contributed by atoms with Crippen molar-refractivity contribution >= 4 is 52.4 Å². The third kappa shape index (κ3) is 8.48. The van der Waals surface area contributed by atoms with E-state index in [4.69, 9.17) is 38.4 Å². The molecule has 0 aliphatic carbocycles. The van der Waals surface area contributed by atoms with Crippen molar-refractivity contribution in [3.05, 3.63) is 52.0 Å². The minimum Gasteiger partial charge on any atom is -0.494 e. The lowest BCUT2D eigenvalue weighted by Crippen LogP contribution is -2.46. The predicted octanol–water partition coefficient (Wildman–Crippen LogP) is 3.22. The van der Waals surface area contributed by atoms with Crippen LogP contribution in [0, 0.1) is 0 Å². The number of nitrogens with zero attached hydrogens (tertiary/aromatic N) is 3. The zero-order valence-electron chi connectivity index (χ0n) is 23.2. The Hall–Kier alpha value is -3.05. The Bertz CT molecular complexity index is 1240. The van der Waals surface area contributed by atoms with E-state index in [2.05, 4.69) is 15.1 Å². The van der Waals surface area contributed by atoms with Crippen LogP contribution in [0.1, 0.15) is 31.7 Å². The lowest BCUT2D eigenvalue weighted by molar-refractivity contribution is -0.144. The number of unbranched alkanes of at least 4 members (excludes halogenated alkanes) is 1. The van der Waals surface area contributed by atoms with Crippen LogP contribution in [0.15, 0.2) is 36.4 Å². The third-order valence-corrected chi connectivity index (χ3v) is 8.02. The van der Waals surface area contributed by atoms with Gasteiger partial charge in [0, 0.05) is 38.7 Å². The molecule has 1 fully saturated rings. The summed E-state index contributed by atoms with van der Waals surface area (Å²) in [5, 5.41) is 3.59. The average molecular weight is 607 g/mol. The minimum absolute atomic E-state index is 0.139. The molecule has 0 radical (unpaired) electrons. The van der Waals surface area contributed by atoms with Gasteiger partial charge >= 0.3 is 5.97 Å². The highest BCUT2D eigenvalue weighted by Gasteiger charge is 2.26. The number of benzene rings is 2. The molecule has 222 valence electrons. The summed E-state index contributed by atoms with van der Waals surface area (Å²) in [6.07, 6.45) is 2.83. The Labute approximate surface area is 250 Å². The van der Waals surface area contributed by atoms with E-state index in [9.17, 15) is 14.4 Å². The Kier molecular flexibility index (Phi) is 11.1. The summed E-state index contributed by atoms with van der Waals surface area (Å²) in [6.45, 7) is 6.23. The molecule has 2 aromatic carbocycles. The number of piperazine rings is 1. The highest BCUT2D eigenvalue weighted by atomic mass is 35.5. The molecule has 2 aliphatic rings. The summed E-state index contributed by atoms with van der Waals surface area (Å²) in [5.41, 5.74) is 8.12. The molecule has 0 saturated carbocycles. The van der Waals surface area contributed by atoms with Crippen LogP contribution in [0.3, 0.4) is 0 Å². The molecule has 1 unspecified atom stereocenters. The quantitative estimate of drug-likeness (QED) is 0.280. The van der Waals surface area contributed by atoms with Gasteiger partial charge in [0.25, 0.3) is 0 Å². The normalized spacial score (nSPS) is 16.2. The number of hydrogen-bond acceptors (Lipinski definition) is 8. The van der Waals surface area contributed by atoms with Gasteiger partial charge in [-0.15, -0.1) is 0 Å². The van der Waals surface area contributed by atoms with Crippen molar-refractivity contribution in [2.75, 3.05) is 62.4 Å². The van der Waals surface area contributed by atoms with Gasteiger partial charge in [-0.25, -0.2) is 0 Å². The number of carbonyl (C=O) groups is 3. The van der Waals surface area contributed by atoms with Crippen LogP contribution in [0.4, 0.5) is 11.4 Å². The number of halogens is 2. The van der Waals surface area contributed by atoms with Crippen molar-refractivity contribution in [1.29, 1.82) is 0 Å². The minimum atomic E-state index is -0.729. The van der Waals surface area contributed by atoms with E-state index >= 15 is 0 Å². The van der Waals surface area contributed by atoms with Gasteiger partial charge in [0.1, 0.15) is 12.3 Å². The molecule has 0 aromatic heterocycles. The second-order valence-corrected chi connectivity index (χ2v) is 11.0. The molecular formula is C29H37Cl2N5O5.